The van der Waals surface area contributed by atoms with Gasteiger partial charge in [0, 0.05) is 12.1 Å². The zero-order valence-electron chi connectivity index (χ0n) is 9.90. The summed E-state index contributed by atoms with van der Waals surface area (Å²) in [5, 5.41) is 9.52. The highest BCUT2D eigenvalue weighted by molar-refractivity contribution is 4.81. The van der Waals surface area contributed by atoms with Crippen LogP contribution in [0.3, 0.4) is 0 Å². The fourth-order valence-corrected chi connectivity index (χ4v) is 2.08. The molecule has 0 aromatic carbocycles. The smallest absolute Gasteiger partial charge is 0.0664 e. The molecular weight excluding hydrogens is 176 g/mol. The van der Waals surface area contributed by atoms with E-state index < -0.39 is 0 Å². The van der Waals surface area contributed by atoms with E-state index in [-0.39, 0.29) is 12.1 Å². The first-order valence-electron chi connectivity index (χ1n) is 5.61. The van der Waals surface area contributed by atoms with Crippen LogP contribution >= 0.6 is 0 Å². The largest absolute Gasteiger partial charge is 0.392 e. The van der Waals surface area contributed by atoms with Gasteiger partial charge in [0.2, 0.25) is 0 Å². The minimum atomic E-state index is -0.236. The van der Waals surface area contributed by atoms with Crippen LogP contribution in [0.4, 0.5) is 0 Å². The third-order valence-electron chi connectivity index (χ3n) is 3.60. The highest BCUT2D eigenvalue weighted by atomic mass is 16.3. The molecule has 84 valence electrons. The fraction of sp³-hybridized carbons (Fsp3) is 1.00. The normalized spacial score (nSPS) is 25.3. The van der Waals surface area contributed by atoms with Gasteiger partial charge < -0.3 is 10.0 Å². The summed E-state index contributed by atoms with van der Waals surface area (Å²) >= 11 is 0. The first-order valence-corrected chi connectivity index (χ1v) is 5.61. The van der Waals surface area contributed by atoms with E-state index in [0.29, 0.717) is 6.04 Å². The SMILES string of the molecule is CC(O)C(C)N(C)C1CCN(C)CC1. The lowest BCUT2D eigenvalue weighted by atomic mass is 10.0. The van der Waals surface area contributed by atoms with Crippen molar-refractivity contribution in [2.24, 2.45) is 0 Å². The van der Waals surface area contributed by atoms with Crippen LogP contribution in [0.5, 0.6) is 0 Å². The van der Waals surface area contributed by atoms with Gasteiger partial charge in [0.1, 0.15) is 0 Å². The maximum atomic E-state index is 9.52. The van der Waals surface area contributed by atoms with Crippen LogP contribution in [0.2, 0.25) is 0 Å². The molecule has 1 fully saturated rings. The molecule has 1 rings (SSSR count). The first-order chi connectivity index (χ1) is 6.52. The minimum absolute atomic E-state index is 0.236. The molecule has 0 aliphatic carbocycles. The summed E-state index contributed by atoms with van der Waals surface area (Å²) in [6.07, 6.45) is 2.22. The summed E-state index contributed by atoms with van der Waals surface area (Å²) in [4.78, 5) is 4.70. The topological polar surface area (TPSA) is 26.7 Å². The highest BCUT2D eigenvalue weighted by Crippen LogP contribution is 2.17. The van der Waals surface area contributed by atoms with Gasteiger partial charge in [-0.05, 0) is 53.9 Å². The maximum absolute atomic E-state index is 9.52. The molecule has 0 amide bonds. The average Bonchev–Trinajstić information content (AvgIpc) is 2.16. The predicted molar refractivity (Wildman–Crippen MR) is 59.4 cm³/mol. The number of aliphatic hydroxyl groups is 1. The van der Waals surface area contributed by atoms with Crippen LogP contribution in [0.25, 0.3) is 0 Å². The van der Waals surface area contributed by atoms with Gasteiger partial charge in [-0.2, -0.15) is 0 Å². The first kappa shape index (κ1) is 12.0. The van der Waals surface area contributed by atoms with Crippen molar-refractivity contribution in [1.29, 1.82) is 0 Å². The van der Waals surface area contributed by atoms with E-state index >= 15 is 0 Å². The molecule has 0 radical (unpaired) electrons. The van der Waals surface area contributed by atoms with Gasteiger partial charge in [-0.25, -0.2) is 0 Å². The van der Waals surface area contributed by atoms with E-state index in [0.717, 1.165) is 0 Å². The summed E-state index contributed by atoms with van der Waals surface area (Å²) in [6, 6.07) is 0.916. The number of aliphatic hydroxyl groups excluding tert-OH is 1. The molecule has 0 aromatic rings. The van der Waals surface area contributed by atoms with Gasteiger partial charge in [0.05, 0.1) is 6.10 Å². The van der Waals surface area contributed by atoms with Crippen molar-refractivity contribution in [3.05, 3.63) is 0 Å². The summed E-state index contributed by atoms with van der Waals surface area (Å²) in [7, 11) is 4.31. The van der Waals surface area contributed by atoms with Crippen LogP contribution in [-0.4, -0.2) is 60.3 Å². The Labute approximate surface area is 87.7 Å². The number of likely N-dealkylation sites (tertiary alicyclic amines) is 1. The summed E-state index contributed by atoms with van der Waals surface area (Å²) < 4.78 is 0. The Morgan fingerprint density at radius 1 is 1.29 bits per heavy atom. The van der Waals surface area contributed by atoms with E-state index in [1.807, 2.05) is 6.92 Å². The molecule has 1 heterocycles. The lowest BCUT2D eigenvalue weighted by Gasteiger charge is -2.39. The Kier molecular flexibility index (Phi) is 4.35. The van der Waals surface area contributed by atoms with E-state index in [1.165, 1.54) is 25.9 Å². The molecule has 0 aromatic heterocycles. The molecule has 1 aliphatic rings. The van der Waals surface area contributed by atoms with Crippen molar-refractivity contribution in [2.75, 3.05) is 27.2 Å². The molecular formula is C11H24N2O. The van der Waals surface area contributed by atoms with E-state index in [4.69, 9.17) is 0 Å². The molecule has 0 saturated carbocycles. The lowest BCUT2D eigenvalue weighted by molar-refractivity contribution is 0.0407. The summed E-state index contributed by atoms with van der Waals surface area (Å²) in [6.45, 7) is 6.34. The molecule has 1 aliphatic heterocycles. The molecule has 0 bridgehead atoms. The zero-order valence-corrected chi connectivity index (χ0v) is 9.90. The van der Waals surface area contributed by atoms with Crippen molar-refractivity contribution >= 4 is 0 Å². The Morgan fingerprint density at radius 3 is 2.21 bits per heavy atom. The standard InChI is InChI=1S/C11H24N2O/c1-9(10(2)14)13(4)11-5-7-12(3)8-6-11/h9-11,14H,5-8H2,1-4H3. The fourth-order valence-electron chi connectivity index (χ4n) is 2.08. The second-order valence-electron chi connectivity index (χ2n) is 4.68. The van der Waals surface area contributed by atoms with Gasteiger partial charge in [0.25, 0.3) is 0 Å². The highest BCUT2D eigenvalue weighted by Gasteiger charge is 2.25. The molecule has 2 atom stereocenters. The Hall–Kier alpha value is -0.120. The van der Waals surface area contributed by atoms with Crippen molar-refractivity contribution in [1.82, 2.24) is 9.80 Å². The molecule has 3 nitrogen and oxygen atoms in total. The predicted octanol–water partition coefficient (Wildman–Crippen LogP) is 0.782. The van der Waals surface area contributed by atoms with Crippen molar-refractivity contribution in [3.8, 4) is 0 Å². The third kappa shape index (κ3) is 2.94. The number of hydrogen-bond acceptors (Lipinski definition) is 3. The zero-order chi connectivity index (χ0) is 10.7. The lowest BCUT2D eigenvalue weighted by Crippen LogP contribution is -2.48. The minimum Gasteiger partial charge on any atom is -0.392 e. The molecule has 1 N–H and O–H groups in total. The van der Waals surface area contributed by atoms with Crippen LogP contribution < -0.4 is 0 Å². The van der Waals surface area contributed by atoms with Gasteiger partial charge in [-0.1, -0.05) is 0 Å². The maximum Gasteiger partial charge on any atom is 0.0664 e. The average molecular weight is 200 g/mol. The number of hydrogen-bond donors (Lipinski definition) is 1. The molecule has 2 unspecified atom stereocenters. The Balaban J connectivity index is 2.41. The molecule has 1 saturated heterocycles. The van der Waals surface area contributed by atoms with E-state index in [1.54, 1.807) is 0 Å². The second kappa shape index (κ2) is 5.10. The quantitative estimate of drug-likeness (QED) is 0.729. The van der Waals surface area contributed by atoms with Gasteiger partial charge in [-0.3, -0.25) is 4.90 Å². The van der Waals surface area contributed by atoms with Crippen LogP contribution in [0.1, 0.15) is 26.7 Å². The number of nitrogens with zero attached hydrogens (tertiary/aromatic N) is 2. The van der Waals surface area contributed by atoms with Crippen LogP contribution in [0.15, 0.2) is 0 Å². The Bertz CT molecular complexity index is 165. The van der Waals surface area contributed by atoms with Gasteiger partial charge >= 0.3 is 0 Å². The van der Waals surface area contributed by atoms with Gasteiger partial charge in [-0.15, -0.1) is 0 Å². The molecule has 0 spiro atoms. The second-order valence-corrected chi connectivity index (χ2v) is 4.68. The van der Waals surface area contributed by atoms with E-state index in [2.05, 4.69) is 30.8 Å². The summed E-state index contributed by atoms with van der Waals surface area (Å²) in [5.41, 5.74) is 0. The number of likely N-dealkylation sites (N-methyl/N-ethyl adjacent to an activating group) is 1. The van der Waals surface area contributed by atoms with E-state index in [9.17, 15) is 5.11 Å². The number of rotatable bonds is 3. The number of piperidine rings is 1. The van der Waals surface area contributed by atoms with Crippen LogP contribution in [0, 0.1) is 0 Å². The Morgan fingerprint density at radius 2 is 1.79 bits per heavy atom. The van der Waals surface area contributed by atoms with Crippen molar-refractivity contribution in [2.45, 2.75) is 44.9 Å². The van der Waals surface area contributed by atoms with Gasteiger partial charge in [0.15, 0.2) is 0 Å². The van der Waals surface area contributed by atoms with Crippen LogP contribution in [-0.2, 0) is 0 Å². The molecule has 3 heteroatoms. The summed E-state index contributed by atoms with van der Waals surface area (Å²) in [5.74, 6) is 0. The molecule has 14 heavy (non-hydrogen) atoms. The van der Waals surface area contributed by atoms with Crippen molar-refractivity contribution in [3.63, 3.8) is 0 Å². The third-order valence-corrected chi connectivity index (χ3v) is 3.60. The monoisotopic (exact) mass is 200 g/mol. The van der Waals surface area contributed by atoms with Crippen molar-refractivity contribution < 1.29 is 5.11 Å².